The smallest absolute Gasteiger partial charge is 0.425 e. The normalized spacial score (nSPS) is 11.6. The first-order valence-electron chi connectivity index (χ1n) is 8.21. The number of amides is 2. The minimum Gasteiger partial charge on any atom is -0.481 e. The van der Waals surface area contributed by atoms with Gasteiger partial charge in [0.2, 0.25) is 0 Å². The molecule has 0 fully saturated rings. The third-order valence-corrected chi connectivity index (χ3v) is 2.82. The zero-order valence-electron chi connectivity index (χ0n) is 16.0. The highest BCUT2D eigenvalue weighted by molar-refractivity contribution is 6.08. The number of anilines is 1. The second kappa shape index (κ2) is 8.16. The molecule has 2 amide bonds. The van der Waals surface area contributed by atoms with Crippen LogP contribution in [0.1, 0.15) is 53.5 Å². The Morgan fingerprint density at radius 3 is 1.85 bits per heavy atom. The van der Waals surface area contributed by atoms with Crippen LogP contribution in [-0.2, 0) is 20.7 Å². The number of carbonyl (C=O) groups is 3. The van der Waals surface area contributed by atoms with Gasteiger partial charge in [-0.3, -0.25) is 4.79 Å². The van der Waals surface area contributed by atoms with E-state index in [-0.39, 0.29) is 12.2 Å². The molecule has 0 bridgehead atoms. The monoisotopic (exact) mass is 366 g/mol. The summed E-state index contributed by atoms with van der Waals surface area (Å²) < 4.78 is 10.5. The highest BCUT2D eigenvalue weighted by atomic mass is 16.6. The summed E-state index contributed by atoms with van der Waals surface area (Å²) in [5.74, 6) is -0.884. The summed E-state index contributed by atoms with van der Waals surface area (Å²) in [6, 6.07) is 3.05. The first kappa shape index (κ1) is 21.4. The van der Waals surface area contributed by atoms with Crippen molar-refractivity contribution in [3.05, 3.63) is 23.9 Å². The van der Waals surface area contributed by atoms with E-state index < -0.39 is 29.4 Å². The van der Waals surface area contributed by atoms with Crippen LogP contribution < -0.4 is 4.90 Å². The number of rotatable bonds is 4. The van der Waals surface area contributed by atoms with E-state index in [1.807, 2.05) is 0 Å². The third kappa shape index (κ3) is 7.50. The number of aryl methyl sites for hydroxylation is 1. The van der Waals surface area contributed by atoms with E-state index in [1.165, 1.54) is 12.3 Å². The molecule has 1 N–H and O–H groups in total. The van der Waals surface area contributed by atoms with E-state index in [4.69, 9.17) is 14.6 Å². The maximum atomic E-state index is 12.5. The predicted octanol–water partition coefficient (Wildman–Crippen LogP) is 3.78. The number of aliphatic carboxylic acids is 1. The van der Waals surface area contributed by atoms with Crippen molar-refractivity contribution in [2.45, 2.75) is 65.6 Å². The van der Waals surface area contributed by atoms with Gasteiger partial charge in [-0.1, -0.05) is 6.07 Å². The van der Waals surface area contributed by atoms with Crippen molar-refractivity contribution in [2.75, 3.05) is 4.90 Å². The first-order valence-corrected chi connectivity index (χ1v) is 8.21. The van der Waals surface area contributed by atoms with Gasteiger partial charge < -0.3 is 14.6 Å². The van der Waals surface area contributed by atoms with E-state index in [0.717, 1.165) is 4.90 Å². The summed E-state index contributed by atoms with van der Waals surface area (Å²) in [5, 5.41) is 8.73. The average Bonchev–Trinajstić information content (AvgIpc) is 2.42. The largest absolute Gasteiger partial charge is 0.481 e. The van der Waals surface area contributed by atoms with E-state index in [9.17, 15) is 14.4 Å². The summed E-state index contributed by atoms with van der Waals surface area (Å²) in [6.07, 6.45) is -0.139. The minimum absolute atomic E-state index is 0.0348. The maximum Gasteiger partial charge on any atom is 0.425 e. The lowest BCUT2D eigenvalue weighted by atomic mass is 10.1. The highest BCUT2D eigenvalue weighted by Crippen LogP contribution is 2.20. The van der Waals surface area contributed by atoms with Crippen LogP contribution in [0.3, 0.4) is 0 Å². The number of nitrogens with zero attached hydrogens (tertiary/aromatic N) is 2. The Balaban J connectivity index is 3.09. The van der Waals surface area contributed by atoms with Gasteiger partial charge in [0.05, 0.1) is 0 Å². The van der Waals surface area contributed by atoms with E-state index >= 15 is 0 Å². The van der Waals surface area contributed by atoms with Crippen LogP contribution in [0.2, 0.25) is 0 Å². The number of aromatic nitrogens is 1. The van der Waals surface area contributed by atoms with E-state index in [1.54, 1.807) is 47.6 Å². The third-order valence-electron chi connectivity index (χ3n) is 2.82. The molecule has 1 aromatic heterocycles. The van der Waals surface area contributed by atoms with Crippen molar-refractivity contribution < 1.29 is 29.0 Å². The Morgan fingerprint density at radius 2 is 1.50 bits per heavy atom. The van der Waals surface area contributed by atoms with Crippen molar-refractivity contribution >= 4 is 24.0 Å². The van der Waals surface area contributed by atoms with Crippen molar-refractivity contribution in [1.82, 2.24) is 4.98 Å². The minimum atomic E-state index is -0.918. The lowest BCUT2D eigenvalue weighted by molar-refractivity contribution is -0.136. The summed E-state index contributed by atoms with van der Waals surface area (Å²) in [6.45, 7) is 10.1. The van der Waals surface area contributed by atoms with E-state index in [0.29, 0.717) is 12.0 Å². The fourth-order valence-corrected chi connectivity index (χ4v) is 1.82. The number of carboxylic acid groups (broad SMARTS) is 1. The molecule has 0 saturated heterocycles. The molecular formula is C18H26N2O6. The number of hydrogen-bond donors (Lipinski definition) is 1. The maximum absolute atomic E-state index is 12.5. The summed E-state index contributed by atoms with van der Waals surface area (Å²) in [7, 11) is 0. The molecule has 0 spiro atoms. The highest BCUT2D eigenvalue weighted by Gasteiger charge is 2.33. The summed E-state index contributed by atoms with van der Waals surface area (Å²) in [5.41, 5.74) is -0.943. The number of ether oxygens (including phenoxy) is 2. The lowest BCUT2D eigenvalue weighted by Gasteiger charge is -2.28. The van der Waals surface area contributed by atoms with Gasteiger partial charge in [-0.25, -0.2) is 14.6 Å². The molecule has 0 unspecified atom stereocenters. The van der Waals surface area contributed by atoms with Gasteiger partial charge in [0.1, 0.15) is 17.0 Å². The topological polar surface area (TPSA) is 106 Å². The predicted molar refractivity (Wildman–Crippen MR) is 95.1 cm³/mol. The van der Waals surface area contributed by atoms with Gasteiger partial charge >= 0.3 is 18.2 Å². The number of hydrogen-bond acceptors (Lipinski definition) is 6. The molecule has 0 aromatic carbocycles. The first-order chi connectivity index (χ1) is 11.8. The number of carboxylic acids is 1. The number of imide groups is 1. The van der Waals surface area contributed by atoms with Crippen LogP contribution in [0.25, 0.3) is 0 Å². The molecule has 8 heteroatoms. The van der Waals surface area contributed by atoms with Crippen molar-refractivity contribution in [1.29, 1.82) is 0 Å². The summed E-state index contributed by atoms with van der Waals surface area (Å²) in [4.78, 5) is 40.4. The fraction of sp³-hybridized carbons (Fsp3) is 0.556. The summed E-state index contributed by atoms with van der Waals surface area (Å²) >= 11 is 0. The van der Waals surface area contributed by atoms with Gasteiger partial charge in [-0.2, -0.15) is 4.90 Å². The Morgan fingerprint density at radius 1 is 1.00 bits per heavy atom. The molecular weight excluding hydrogens is 340 g/mol. The van der Waals surface area contributed by atoms with Gasteiger partial charge in [0.25, 0.3) is 0 Å². The van der Waals surface area contributed by atoms with Gasteiger partial charge in [0.15, 0.2) is 0 Å². The molecule has 0 aliphatic rings. The standard InChI is InChI=1S/C18H26N2O6/c1-17(2,3)25-15(23)20(16(24)26-18(4,5)6)13-9-7-12(11-19-13)8-10-14(21)22/h7,9,11H,8,10H2,1-6H3,(H,21,22). The quantitative estimate of drug-likeness (QED) is 0.864. The molecule has 1 heterocycles. The van der Waals surface area contributed by atoms with Gasteiger partial charge in [-0.15, -0.1) is 0 Å². The molecule has 1 rings (SSSR count). The molecule has 1 aromatic rings. The molecule has 0 radical (unpaired) electrons. The Hall–Kier alpha value is -2.64. The number of carbonyl (C=O) groups excluding carboxylic acids is 2. The van der Waals surface area contributed by atoms with Crippen LogP contribution >= 0.6 is 0 Å². The van der Waals surface area contributed by atoms with Crippen LogP contribution in [-0.4, -0.2) is 39.4 Å². The molecule has 0 saturated carbocycles. The molecule has 8 nitrogen and oxygen atoms in total. The fourth-order valence-electron chi connectivity index (χ4n) is 1.82. The SMILES string of the molecule is CC(C)(C)OC(=O)N(C(=O)OC(C)(C)C)c1ccc(CCC(=O)O)cn1. The van der Waals surface area contributed by atoms with Gasteiger partial charge in [-0.05, 0) is 59.6 Å². The van der Waals surface area contributed by atoms with Gasteiger partial charge in [0, 0.05) is 12.6 Å². The Kier molecular flexibility index (Phi) is 6.72. The van der Waals surface area contributed by atoms with Crippen molar-refractivity contribution in [3.63, 3.8) is 0 Å². The zero-order valence-corrected chi connectivity index (χ0v) is 16.0. The second-order valence-corrected chi connectivity index (χ2v) is 7.71. The lowest BCUT2D eigenvalue weighted by Crippen LogP contribution is -2.44. The zero-order chi connectivity index (χ0) is 20.1. The molecule has 26 heavy (non-hydrogen) atoms. The molecule has 144 valence electrons. The molecule has 0 aliphatic heterocycles. The van der Waals surface area contributed by atoms with Crippen LogP contribution in [0.4, 0.5) is 15.4 Å². The molecule has 0 atom stereocenters. The van der Waals surface area contributed by atoms with E-state index in [2.05, 4.69) is 4.98 Å². The van der Waals surface area contributed by atoms with Crippen LogP contribution in [0.15, 0.2) is 18.3 Å². The Labute approximate surface area is 153 Å². The number of pyridine rings is 1. The molecule has 0 aliphatic carbocycles. The Bertz CT molecular complexity index is 628. The van der Waals surface area contributed by atoms with Crippen LogP contribution in [0, 0.1) is 0 Å². The van der Waals surface area contributed by atoms with Crippen LogP contribution in [0.5, 0.6) is 0 Å². The van der Waals surface area contributed by atoms with Crippen molar-refractivity contribution in [3.8, 4) is 0 Å². The average molecular weight is 366 g/mol. The van der Waals surface area contributed by atoms with Crippen molar-refractivity contribution in [2.24, 2.45) is 0 Å². The second-order valence-electron chi connectivity index (χ2n) is 7.71.